The molecule has 22 heavy (non-hydrogen) atoms. The Kier molecular flexibility index (Phi) is 6.89. The number of aliphatic carboxylic acids is 1. The molecule has 122 valence electrons. The number of carboxylic acid groups (broad SMARTS) is 1. The van der Waals surface area contributed by atoms with Crippen molar-refractivity contribution < 1.29 is 19.4 Å². The second-order valence-electron chi connectivity index (χ2n) is 5.98. The van der Waals surface area contributed by atoms with Crippen molar-refractivity contribution in [3.63, 3.8) is 0 Å². The summed E-state index contributed by atoms with van der Waals surface area (Å²) in [5.41, 5.74) is 1.94. The van der Waals surface area contributed by atoms with Crippen molar-refractivity contribution in [1.82, 2.24) is 5.32 Å². The van der Waals surface area contributed by atoms with Gasteiger partial charge in [0.2, 0.25) is 0 Å². The SMILES string of the molecule is Cc1cccc(C)c1OCC(=O)NCC(CC(C)C)C(=O)O. The Morgan fingerprint density at radius 1 is 1.23 bits per heavy atom. The van der Waals surface area contributed by atoms with Gasteiger partial charge < -0.3 is 15.2 Å². The number of para-hydroxylation sites is 1. The standard InChI is InChI=1S/C17H25NO4/c1-11(2)8-14(17(20)21)9-18-15(19)10-22-16-12(3)6-5-7-13(16)4/h5-7,11,14H,8-10H2,1-4H3,(H,18,19)(H,20,21). The van der Waals surface area contributed by atoms with Crippen LogP contribution in [-0.4, -0.2) is 30.1 Å². The molecule has 0 aliphatic carbocycles. The fourth-order valence-electron chi connectivity index (χ4n) is 2.29. The van der Waals surface area contributed by atoms with Gasteiger partial charge in [-0.15, -0.1) is 0 Å². The van der Waals surface area contributed by atoms with Gasteiger partial charge in [-0.05, 0) is 37.3 Å². The van der Waals surface area contributed by atoms with E-state index in [1.165, 1.54) is 0 Å². The van der Waals surface area contributed by atoms with Crippen LogP contribution in [0.15, 0.2) is 18.2 Å². The summed E-state index contributed by atoms with van der Waals surface area (Å²) in [6, 6.07) is 5.77. The lowest BCUT2D eigenvalue weighted by Gasteiger charge is -2.16. The molecule has 2 N–H and O–H groups in total. The minimum Gasteiger partial charge on any atom is -0.483 e. The van der Waals surface area contributed by atoms with Gasteiger partial charge in [-0.3, -0.25) is 9.59 Å². The molecule has 0 heterocycles. The van der Waals surface area contributed by atoms with Crippen molar-refractivity contribution in [3.05, 3.63) is 29.3 Å². The molecule has 0 saturated heterocycles. The van der Waals surface area contributed by atoms with Gasteiger partial charge in [-0.2, -0.15) is 0 Å². The van der Waals surface area contributed by atoms with Crippen LogP contribution in [0.3, 0.4) is 0 Å². The van der Waals surface area contributed by atoms with Crippen LogP contribution in [0.5, 0.6) is 5.75 Å². The normalized spacial score (nSPS) is 12.0. The van der Waals surface area contributed by atoms with Crippen molar-refractivity contribution in [3.8, 4) is 5.75 Å². The third-order valence-electron chi connectivity index (χ3n) is 3.41. The number of nitrogens with one attached hydrogen (secondary N) is 1. The highest BCUT2D eigenvalue weighted by Gasteiger charge is 2.19. The molecular weight excluding hydrogens is 282 g/mol. The number of ether oxygens (including phenoxy) is 1. The second-order valence-corrected chi connectivity index (χ2v) is 5.98. The summed E-state index contributed by atoms with van der Waals surface area (Å²) in [5, 5.41) is 11.8. The van der Waals surface area contributed by atoms with Crippen molar-refractivity contribution in [1.29, 1.82) is 0 Å². The van der Waals surface area contributed by atoms with Crippen molar-refractivity contribution >= 4 is 11.9 Å². The number of carboxylic acids is 1. The Balaban J connectivity index is 2.48. The Bertz CT molecular complexity index is 505. The zero-order valence-corrected chi connectivity index (χ0v) is 13.7. The second kappa shape index (κ2) is 8.41. The summed E-state index contributed by atoms with van der Waals surface area (Å²) in [5.74, 6) is -0.787. The Labute approximate surface area is 131 Å². The smallest absolute Gasteiger partial charge is 0.308 e. The number of rotatable bonds is 8. The van der Waals surface area contributed by atoms with Crippen molar-refractivity contribution in [2.75, 3.05) is 13.2 Å². The molecule has 5 heteroatoms. The van der Waals surface area contributed by atoms with Crippen LogP contribution in [0.25, 0.3) is 0 Å². The Hall–Kier alpha value is -2.04. The predicted molar refractivity (Wildman–Crippen MR) is 85.0 cm³/mol. The van der Waals surface area contributed by atoms with Crippen LogP contribution in [0.1, 0.15) is 31.4 Å². The highest BCUT2D eigenvalue weighted by atomic mass is 16.5. The van der Waals surface area contributed by atoms with E-state index in [9.17, 15) is 9.59 Å². The van der Waals surface area contributed by atoms with E-state index in [-0.39, 0.29) is 25.0 Å². The summed E-state index contributed by atoms with van der Waals surface area (Å²) in [4.78, 5) is 23.0. The molecule has 1 unspecified atom stereocenters. The lowest BCUT2D eigenvalue weighted by molar-refractivity contribution is -0.142. The fraction of sp³-hybridized carbons (Fsp3) is 0.529. The van der Waals surface area contributed by atoms with E-state index >= 15 is 0 Å². The van der Waals surface area contributed by atoms with Crippen LogP contribution in [0, 0.1) is 25.7 Å². The first kappa shape index (κ1) is 18.0. The number of amides is 1. The third-order valence-corrected chi connectivity index (χ3v) is 3.41. The van der Waals surface area contributed by atoms with Gasteiger partial charge >= 0.3 is 5.97 Å². The lowest BCUT2D eigenvalue weighted by Crippen LogP contribution is -2.36. The van der Waals surface area contributed by atoms with E-state index in [0.717, 1.165) is 11.1 Å². The molecule has 1 aromatic carbocycles. The molecule has 0 fully saturated rings. The molecule has 1 rings (SSSR count). The summed E-state index contributed by atoms with van der Waals surface area (Å²) >= 11 is 0. The molecular formula is C17H25NO4. The first-order valence-corrected chi connectivity index (χ1v) is 7.49. The van der Waals surface area contributed by atoms with Crippen LogP contribution in [0.2, 0.25) is 0 Å². The third kappa shape index (κ3) is 5.76. The number of hydrogen-bond acceptors (Lipinski definition) is 3. The zero-order chi connectivity index (χ0) is 16.7. The molecule has 0 bridgehead atoms. The quantitative estimate of drug-likeness (QED) is 0.774. The summed E-state index contributed by atoms with van der Waals surface area (Å²) in [7, 11) is 0. The first-order chi connectivity index (χ1) is 10.3. The Morgan fingerprint density at radius 2 is 1.82 bits per heavy atom. The maximum atomic E-state index is 11.8. The molecule has 0 spiro atoms. The van der Waals surface area contributed by atoms with Gasteiger partial charge in [-0.25, -0.2) is 0 Å². The molecule has 1 aromatic rings. The number of carbonyl (C=O) groups is 2. The summed E-state index contributed by atoms with van der Waals surface area (Å²) in [6.07, 6.45) is 0.535. The molecule has 1 amide bonds. The average Bonchev–Trinajstić information content (AvgIpc) is 2.42. The van der Waals surface area contributed by atoms with Gasteiger partial charge in [0.25, 0.3) is 5.91 Å². The largest absolute Gasteiger partial charge is 0.483 e. The van der Waals surface area contributed by atoms with Crippen molar-refractivity contribution in [2.24, 2.45) is 11.8 Å². The number of carbonyl (C=O) groups excluding carboxylic acids is 1. The lowest BCUT2D eigenvalue weighted by atomic mass is 9.97. The molecule has 0 aliphatic heterocycles. The highest BCUT2D eigenvalue weighted by molar-refractivity contribution is 5.78. The fourth-order valence-corrected chi connectivity index (χ4v) is 2.29. The van der Waals surface area contributed by atoms with Crippen LogP contribution >= 0.6 is 0 Å². The summed E-state index contributed by atoms with van der Waals surface area (Å²) in [6.45, 7) is 7.78. The molecule has 0 saturated carbocycles. The zero-order valence-electron chi connectivity index (χ0n) is 13.7. The minimum atomic E-state index is -0.885. The number of aryl methyl sites for hydroxylation is 2. The molecule has 0 aromatic heterocycles. The topological polar surface area (TPSA) is 75.6 Å². The molecule has 5 nitrogen and oxygen atoms in total. The molecule has 1 atom stereocenters. The van der Waals surface area contributed by atoms with E-state index in [1.54, 1.807) is 0 Å². The van der Waals surface area contributed by atoms with Gasteiger partial charge in [0.1, 0.15) is 5.75 Å². The monoisotopic (exact) mass is 307 g/mol. The van der Waals surface area contributed by atoms with Gasteiger partial charge in [-0.1, -0.05) is 32.0 Å². The van der Waals surface area contributed by atoms with E-state index in [1.807, 2.05) is 45.9 Å². The maximum Gasteiger partial charge on any atom is 0.308 e. The first-order valence-electron chi connectivity index (χ1n) is 7.49. The highest BCUT2D eigenvalue weighted by Crippen LogP contribution is 2.22. The minimum absolute atomic E-state index is 0.111. The van der Waals surface area contributed by atoms with Gasteiger partial charge in [0.15, 0.2) is 6.61 Å². The van der Waals surface area contributed by atoms with E-state index < -0.39 is 11.9 Å². The predicted octanol–water partition coefficient (Wildman–Crippen LogP) is 2.55. The van der Waals surface area contributed by atoms with Crippen LogP contribution in [-0.2, 0) is 9.59 Å². The van der Waals surface area contributed by atoms with E-state index in [2.05, 4.69) is 5.32 Å². The summed E-state index contributed by atoms with van der Waals surface area (Å²) < 4.78 is 5.54. The Morgan fingerprint density at radius 3 is 2.32 bits per heavy atom. The molecule has 0 radical (unpaired) electrons. The number of hydrogen-bond donors (Lipinski definition) is 2. The maximum absolute atomic E-state index is 11.8. The van der Waals surface area contributed by atoms with Gasteiger partial charge in [0, 0.05) is 6.54 Å². The van der Waals surface area contributed by atoms with E-state index in [4.69, 9.17) is 9.84 Å². The number of benzene rings is 1. The van der Waals surface area contributed by atoms with Gasteiger partial charge in [0.05, 0.1) is 5.92 Å². The van der Waals surface area contributed by atoms with Crippen LogP contribution < -0.4 is 10.1 Å². The van der Waals surface area contributed by atoms with E-state index in [0.29, 0.717) is 12.2 Å². The molecule has 0 aliphatic rings. The van der Waals surface area contributed by atoms with Crippen LogP contribution in [0.4, 0.5) is 0 Å². The average molecular weight is 307 g/mol. The van der Waals surface area contributed by atoms with Crippen molar-refractivity contribution in [2.45, 2.75) is 34.1 Å².